The third-order valence-electron chi connectivity index (χ3n) is 3.80. The van der Waals surface area contributed by atoms with Gasteiger partial charge in [0.1, 0.15) is 6.04 Å². The Kier molecular flexibility index (Phi) is 6.67. The van der Waals surface area contributed by atoms with Crippen LogP contribution < -0.4 is 5.32 Å². The van der Waals surface area contributed by atoms with E-state index in [2.05, 4.69) is 10.1 Å². The van der Waals surface area contributed by atoms with Crippen LogP contribution in [0.3, 0.4) is 0 Å². The van der Waals surface area contributed by atoms with Crippen LogP contribution in [0.5, 0.6) is 0 Å². The van der Waals surface area contributed by atoms with Gasteiger partial charge in [-0.05, 0) is 24.1 Å². The van der Waals surface area contributed by atoms with Crippen LogP contribution in [-0.4, -0.2) is 25.0 Å². The standard InChI is InChI=1S/C16H17F6NO3/c1-4-8(2)12(14(25)26-3)23-13(24)9-5-10(15(17,18)19)7-11(6-9)16(20,21)22/h5-8,12H,4H2,1-3H3,(H,23,24). The number of amides is 1. The van der Waals surface area contributed by atoms with Gasteiger partial charge in [-0.2, -0.15) is 26.3 Å². The molecule has 0 heterocycles. The van der Waals surface area contributed by atoms with Crippen molar-refractivity contribution in [2.75, 3.05) is 7.11 Å². The van der Waals surface area contributed by atoms with E-state index in [1.807, 2.05) is 0 Å². The van der Waals surface area contributed by atoms with Gasteiger partial charge in [-0.15, -0.1) is 0 Å². The van der Waals surface area contributed by atoms with Gasteiger partial charge in [-0.3, -0.25) is 4.79 Å². The fourth-order valence-corrected chi connectivity index (χ4v) is 2.11. The van der Waals surface area contributed by atoms with Gasteiger partial charge < -0.3 is 10.1 Å². The monoisotopic (exact) mass is 385 g/mol. The normalized spacial score (nSPS) is 14.5. The highest BCUT2D eigenvalue weighted by atomic mass is 19.4. The Labute approximate surface area is 145 Å². The van der Waals surface area contributed by atoms with Gasteiger partial charge in [-0.25, -0.2) is 4.79 Å². The molecule has 2 unspecified atom stereocenters. The Morgan fingerprint density at radius 1 is 1.04 bits per heavy atom. The summed E-state index contributed by atoms with van der Waals surface area (Å²) in [4.78, 5) is 23.9. The molecule has 1 amide bonds. The summed E-state index contributed by atoms with van der Waals surface area (Å²) >= 11 is 0. The zero-order valence-electron chi connectivity index (χ0n) is 14.1. The van der Waals surface area contributed by atoms with Crippen molar-refractivity contribution in [3.8, 4) is 0 Å². The number of halogens is 6. The molecule has 1 N–H and O–H groups in total. The van der Waals surface area contributed by atoms with Crippen LogP contribution >= 0.6 is 0 Å². The number of carbonyl (C=O) groups excluding carboxylic acids is 2. The molecule has 0 aliphatic heterocycles. The van der Waals surface area contributed by atoms with E-state index < -0.39 is 52.9 Å². The van der Waals surface area contributed by atoms with E-state index in [1.165, 1.54) is 0 Å². The molecular formula is C16H17F6NO3. The van der Waals surface area contributed by atoms with Crippen molar-refractivity contribution < 1.29 is 40.7 Å². The first-order valence-corrected chi connectivity index (χ1v) is 7.49. The topological polar surface area (TPSA) is 55.4 Å². The molecule has 0 bridgehead atoms. The molecule has 0 fully saturated rings. The first-order valence-electron chi connectivity index (χ1n) is 7.49. The average molecular weight is 385 g/mol. The number of esters is 1. The van der Waals surface area contributed by atoms with Crippen molar-refractivity contribution in [1.82, 2.24) is 5.32 Å². The molecule has 10 heteroatoms. The lowest BCUT2D eigenvalue weighted by molar-refractivity contribution is -0.145. The summed E-state index contributed by atoms with van der Waals surface area (Å²) in [5.74, 6) is -2.53. The van der Waals surface area contributed by atoms with E-state index in [0.717, 1.165) is 7.11 Å². The molecule has 0 saturated heterocycles. The van der Waals surface area contributed by atoms with Crippen molar-refractivity contribution in [3.05, 3.63) is 34.9 Å². The van der Waals surface area contributed by atoms with Crippen molar-refractivity contribution in [2.24, 2.45) is 5.92 Å². The number of hydrogen-bond donors (Lipinski definition) is 1. The Hall–Kier alpha value is -2.26. The quantitative estimate of drug-likeness (QED) is 0.615. The summed E-state index contributed by atoms with van der Waals surface area (Å²) in [6, 6.07) is -0.685. The molecule has 0 aliphatic carbocycles. The van der Waals surface area contributed by atoms with Crippen LogP contribution in [0.2, 0.25) is 0 Å². The van der Waals surface area contributed by atoms with Crippen LogP contribution in [-0.2, 0) is 21.9 Å². The van der Waals surface area contributed by atoms with Gasteiger partial charge in [0.25, 0.3) is 5.91 Å². The number of ether oxygens (including phenoxy) is 1. The molecular weight excluding hydrogens is 368 g/mol. The van der Waals surface area contributed by atoms with Gasteiger partial charge in [0.2, 0.25) is 0 Å². The Bertz CT molecular complexity index is 637. The van der Waals surface area contributed by atoms with E-state index >= 15 is 0 Å². The molecule has 146 valence electrons. The van der Waals surface area contributed by atoms with Crippen molar-refractivity contribution >= 4 is 11.9 Å². The van der Waals surface area contributed by atoms with Crippen LogP contribution in [0.4, 0.5) is 26.3 Å². The maximum atomic E-state index is 12.9. The predicted octanol–water partition coefficient (Wildman–Crippen LogP) is 4.04. The number of methoxy groups -OCH3 is 1. The Morgan fingerprint density at radius 2 is 1.50 bits per heavy atom. The minimum Gasteiger partial charge on any atom is -0.467 e. The van der Waals surface area contributed by atoms with Gasteiger partial charge in [0.15, 0.2) is 0 Å². The summed E-state index contributed by atoms with van der Waals surface area (Å²) in [7, 11) is 1.05. The largest absolute Gasteiger partial charge is 0.467 e. The van der Waals surface area contributed by atoms with Gasteiger partial charge in [0.05, 0.1) is 18.2 Å². The number of benzene rings is 1. The molecule has 0 saturated carbocycles. The predicted molar refractivity (Wildman–Crippen MR) is 79.2 cm³/mol. The lowest BCUT2D eigenvalue weighted by Gasteiger charge is -2.22. The van der Waals surface area contributed by atoms with Crippen LogP contribution in [0.15, 0.2) is 18.2 Å². The second-order valence-electron chi connectivity index (χ2n) is 5.65. The molecule has 2 atom stereocenters. The highest BCUT2D eigenvalue weighted by Crippen LogP contribution is 2.36. The summed E-state index contributed by atoms with van der Waals surface area (Å²) in [6.45, 7) is 3.27. The van der Waals surface area contributed by atoms with Crippen LogP contribution in [0, 0.1) is 5.92 Å². The minimum absolute atomic E-state index is 0.0801. The maximum absolute atomic E-state index is 12.9. The molecule has 4 nitrogen and oxygen atoms in total. The van der Waals surface area contributed by atoms with E-state index in [4.69, 9.17) is 0 Å². The van der Waals surface area contributed by atoms with Crippen LogP contribution in [0.25, 0.3) is 0 Å². The van der Waals surface area contributed by atoms with E-state index in [0.29, 0.717) is 18.6 Å². The van der Waals surface area contributed by atoms with Crippen molar-refractivity contribution in [3.63, 3.8) is 0 Å². The zero-order valence-corrected chi connectivity index (χ0v) is 14.1. The number of carbonyl (C=O) groups is 2. The average Bonchev–Trinajstić information content (AvgIpc) is 2.56. The highest BCUT2D eigenvalue weighted by molar-refractivity contribution is 5.97. The van der Waals surface area contributed by atoms with E-state index in [1.54, 1.807) is 13.8 Å². The molecule has 1 aromatic rings. The molecule has 1 aromatic carbocycles. The lowest BCUT2D eigenvalue weighted by atomic mass is 9.98. The molecule has 0 aromatic heterocycles. The van der Waals surface area contributed by atoms with Gasteiger partial charge in [-0.1, -0.05) is 20.3 Å². The number of nitrogens with one attached hydrogen (secondary N) is 1. The lowest BCUT2D eigenvalue weighted by Crippen LogP contribution is -2.45. The third kappa shape index (κ3) is 5.37. The van der Waals surface area contributed by atoms with Gasteiger partial charge >= 0.3 is 18.3 Å². The van der Waals surface area contributed by atoms with E-state index in [-0.39, 0.29) is 6.07 Å². The Morgan fingerprint density at radius 3 is 1.85 bits per heavy atom. The molecule has 26 heavy (non-hydrogen) atoms. The third-order valence-corrected chi connectivity index (χ3v) is 3.80. The molecule has 1 rings (SSSR count). The number of rotatable bonds is 5. The Balaban J connectivity index is 3.31. The molecule has 0 radical (unpaired) electrons. The molecule has 0 spiro atoms. The highest BCUT2D eigenvalue weighted by Gasteiger charge is 2.38. The number of hydrogen-bond acceptors (Lipinski definition) is 3. The van der Waals surface area contributed by atoms with Crippen molar-refractivity contribution in [2.45, 2.75) is 38.7 Å². The van der Waals surface area contributed by atoms with Gasteiger partial charge in [0, 0.05) is 5.56 Å². The SMILES string of the molecule is CCC(C)C(NC(=O)c1cc(C(F)(F)F)cc(C(F)(F)F)c1)C(=O)OC. The second-order valence-corrected chi connectivity index (χ2v) is 5.65. The summed E-state index contributed by atoms with van der Waals surface area (Å²) in [5.41, 5.74) is -4.09. The van der Waals surface area contributed by atoms with Crippen molar-refractivity contribution in [1.29, 1.82) is 0 Å². The maximum Gasteiger partial charge on any atom is 0.416 e. The smallest absolute Gasteiger partial charge is 0.416 e. The summed E-state index contributed by atoms with van der Waals surface area (Å²) in [5, 5.41) is 2.14. The second kappa shape index (κ2) is 7.96. The summed E-state index contributed by atoms with van der Waals surface area (Å²) in [6.07, 6.45) is -9.74. The van der Waals surface area contributed by atoms with E-state index in [9.17, 15) is 35.9 Å². The first kappa shape index (κ1) is 21.8. The minimum atomic E-state index is -5.07. The fraction of sp³-hybridized carbons (Fsp3) is 0.500. The molecule has 0 aliphatic rings. The zero-order chi connectivity index (χ0) is 20.3. The number of alkyl halides is 6. The summed E-state index contributed by atoms with van der Waals surface area (Å²) < 4.78 is 81.6. The fourth-order valence-electron chi connectivity index (χ4n) is 2.11. The first-order chi connectivity index (χ1) is 11.8. The van der Waals surface area contributed by atoms with Crippen LogP contribution in [0.1, 0.15) is 41.8 Å².